The molecule has 24 heavy (non-hydrogen) atoms. The number of benzene rings is 1. The normalized spacial score (nSPS) is 19.2. The number of rotatable bonds is 4. The summed E-state index contributed by atoms with van der Waals surface area (Å²) in [7, 11) is -3.58. The molecule has 1 atom stereocenters. The van der Waals surface area contributed by atoms with Crippen molar-refractivity contribution < 1.29 is 13.2 Å². The Morgan fingerprint density at radius 3 is 2.42 bits per heavy atom. The maximum absolute atomic E-state index is 12.7. The number of nitrogens with zero attached hydrogens (tertiary/aromatic N) is 3. The Hall–Kier alpha value is -1.41. The van der Waals surface area contributed by atoms with E-state index in [0.717, 1.165) is 6.42 Å². The fourth-order valence-electron chi connectivity index (χ4n) is 2.49. The van der Waals surface area contributed by atoms with Crippen LogP contribution in [-0.4, -0.2) is 41.9 Å². The molecule has 0 amide bonds. The van der Waals surface area contributed by atoms with Gasteiger partial charge in [-0.05, 0) is 37.1 Å². The Bertz CT molecular complexity index is 798. The minimum absolute atomic E-state index is 0.190. The molecule has 0 unspecified atom stereocenters. The van der Waals surface area contributed by atoms with E-state index < -0.39 is 10.0 Å². The van der Waals surface area contributed by atoms with Crippen LogP contribution in [0.15, 0.2) is 41.6 Å². The first kappa shape index (κ1) is 17.4. The van der Waals surface area contributed by atoms with Gasteiger partial charge in [-0.2, -0.15) is 4.31 Å². The standard InChI is InChI=1S/C15H15Cl2N3O3S/c16-11-3-5-14(6-4-11)24(21,22)20-7-1-2-13(10-20)23-15-18-8-12(17)9-19-15/h3-6,8-9,13H,1-2,7,10H2/t13-/m0/s1. The number of aromatic nitrogens is 2. The summed E-state index contributed by atoms with van der Waals surface area (Å²) in [6.07, 6.45) is 4.01. The van der Waals surface area contributed by atoms with Gasteiger partial charge < -0.3 is 4.74 Å². The first-order valence-corrected chi connectivity index (χ1v) is 9.55. The minimum Gasteiger partial charge on any atom is -0.459 e. The summed E-state index contributed by atoms with van der Waals surface area (Å²) in [6, 6.07) is 6.33. The van der Waals surface area contributed by atoms with Gasteiger partial charge in [-0.3, -0.25) is 0 Å². The summed E-state index contributed by atoms with van der Waals surface area (Å²) in [5.74, 6) is 0. The molecule has 6 nitrogen and oxygen atoms in total. The molecule has 1 aromatic heterocycles. The van der Waals surface area contributed by atoms with Crippen molar-refractivity contribution in [2.75, 3.05) is 13.1 Å². The van der Waals surface area contributed by atoms with Crippen LogP contribution in [0.1, 0.15) is 12.8 Å². The van der Waals surface area contributed by atoms with Gasteiger partial charge in [0.15, 0.2) is 0 Å². The quantitative estimate of drug-likeness (QED) is 0.805. The van der Waals surface area contributed by atoms with Gasteiger partial charge in [0.25, 0.3) is 0 Å². The van der Waals surface area contributed by atoms with E-state index in [2.05, 4.69) is 9.97 Å². The zero-order valence-corrected chi connectivity index (χ0v) is 14.9. The Kier molecular flexibility index (Phi) is 5.24. The molecule has 0 N–H and O–H groups in total. The van der Waals surface area contributed by atoms with E-state index in [1.54, 1.807) is 12.1 Å². The Morgan fingerprint density at radius 2 is 1.75 bits per heavy atom. The van der Waals surface area contributed by atoms with Gasteiger partial charge in [0, 0.05) is 11.6 Å². The van der Waals surface area contributed by atoms with Crippen molar-refractivity contribution in [1.82, 2.24) is 14.3 Å². The molecular weight excluding hydrogens is 373 g/mol. The van der Waals surface area contributed by atoms with E-state index in [9.17, 15) is 8.42 Å². The first-order chi connectivity index (χ1) is 11.4. The van der Waals surface area contributed by atoms with E-state index in [1.807, 2.05) is 0 Å². The van der Waals surface area contributed by atoms with Crippen molar-refractivity contribution in [3.63, 3.8) is 0 Å². The first-order valence-electron chi connectivity index (χ1n) is 7.35. The molecule has 1 aromatic carbocycles. The topological polar surface area (TPSA) is 72.4 Å². The van der Waals surface area contributed by atoms with Crippen molar-refractivity contribution >= 4 is 33.2 Å². The lowest BCUT2D eigenvalue weighted by molar-refractivity contribution is 0.119. The third kappa shape index (κ3) is 3.97. The summed E-state index contributed by atoms with van der Waals surface area (Å²) in [6.45, 7) is 0.698. The molecule has 0 saturated carbocycles. The molecular formula is C15H15Cl2N3O3S. The second kappa shape index (κ2) is 7.23. The molecule has 0 bridgehead atoms. The van der Waals surface area contributed by atoms with Crippen LogP contribution in [-0.2, 0) is 10.0 Å². The maximum atomic E-state index is 12.7. The lowest BCUT2D eigenvalue weighted by Gasteiger charge is -2.31. The third-order valence-corrected chi connectivity index (χ3v) is 5.99. The van der Waals surface area contributed by atoms with Crippen molar-refractivity contribution in [1.29, 1.82) is 0 Å². The summed E-state index contributed by atoms with van der Waals surface area (Å²) >= 11 is 11.6. The second-order valence-electron chi connectivity index (χ2n) is 5.38. The molecule has 1 fully saturated rings. The highest BCUT2D eigenvalue weighted by molar-refractivity contribution is 7.89. The van der Waals surface area contributed by atoms with Gasteiger partial charge in [-0.25, -0.2) is 18.4 Å². The summed E-state index contributed by atoms with van der Waals surface area (Å²) in [5.41, 5.74) is 0. The average Bonchev–Trinajstić information content (AvgIpc) is 2.58. The van der Waals surface area contributed by atoms with Gasteiger partial charge in [0.05, 0.1) is 28.9 Å². The average molecular weight is 388 g/mol. The number of halogens is 2. The summed E-state index contributed by atoms with van der Waals surface area (Å²) in [4.78, 5) is 8.18. The molecule has 3 rings (SSSR count). The molecule has 1 aliphatic rings. The highest BCUT2D eigenvalue weighted by atomic mass is 35.5. The zero-order valence-electron chi connectivity index (χ0n) is 12.6. The lowest BCUT2D eigenvalue weighted by Crippen LogP contribution is -2.44. The highest BCUT2D eigenvalue weighted by Gasteiger charge is 2.31. The molecule has 0 spiro atoms. The largest absolute Gasteiger partial charge is 0.459 e. The van der Waals surface area contributed by atoms with Gasteiger partial charge in [-0.15, -0.1) is 0 Å². The van der Waals surface area contributed by atoms with Crippen LogP contribution in [0.2, 0.25) is 10.0 Å². The van der Waals surface area contributed by atoms with Gasteiger partial charge in [0.2, 0.25) is 10.0 Å². The van der Waals surface area contributed by atoms with Crippen molar-refractivity contribution in [2.24, 2.45) is 0 Å². The van der Waals surface area contributed by atoms with E-state index in [1.165, 1.54) is 28.8 Å². The number of piperidine rings is 1. The number of hydrogen-bond acceptors (Lipinski definition) is 5. The Labute approximate surface area is 150 Å². The predicted molar refractivity (Wildman–Crippen MR) is 90.9 cm³/mol. The molecule has 2 heterocycles. The van der Waals surface area contributed by atoms with Gasteiger partial charge in [-0.1, -0.05) is 23.2 Å². The highest BCUT2D eigenvalue weighted by Crippen LogP contribution is 2.23. The van der Waals surface area contributed by atoms with Crippen molar-refractivity contribution in [2.45, 2.75) is 23.8 Å². The smallest absolute Gasteiger partial charge is 0.316 e. The number of hydrogen-bond donors (Lipinski definition) is 0. The molecule has 128 valence electrons. The summed E-state index contributed by atoms with van der Waals surface area (Å²) in [5, 5.41) is 0.909. The Balaban J connectivity index is 1.72. The number of ether oxygens (including phenoxy) is 1. The predicted octanol–water partition coefficient (Wildman–Crippen LogP) is 3.02. The fraction of sp³-hybridized carbons (Fsp3) is 0.333. The number of sulfonamides is 1. The van der Waals surface area contributed by atoms with Crippen molar-refractivity contribution in [3.05, 3.63) is 46.7 Å². The van der Waals surface area contributed by atoms with Gasteiger partial charge >= 0.3 is 6.01 Å². The van der Waals surface area contributed by atoms with Crippen LogP contribution < -0.4 is 4.74 Å². The molecule has 0 radical (unpaired) electrons. The SMILES string of the molecule is O=S(=O)(c1ccc(Cl)cc1)N1CCC[C@H](Oc2ncc(Cl)cn2)C1. The van der Waals surface area contributed by atoms with E-state index in [4.69, 9.17) is 27.9 Å². The van der Waals surface area contributed by atoms with Crippen LogP contribution in [0.5, 0.6) is 6.01 Å². The summed E-state index contributed by atoms with van der Waals surface area (Å²) < 4.78 is 32.5. The van der Waals surface area contributed by atoms with Gasteiger partial charge in [0.1, 0.15) is 6.10 Å². The molecule has 0 aliphatic carbocycles. The van der Waals surface area contributed by atoms with Crippen LogP contribution >= 0.6 is 23.2 Å². The second-order valence-corrected chi connectivity index (χ2v) is 8.19. The minimum atomic E-state index is -3.58. The van der Waals surface area contributed by atoms with E-state index >= 15 is 0 Å². The van der Waals surface area contributed by atoms with E-state index in [-0.39, 0.29) is 23.6 Å². The van der Waals surface area contributed by atoms with Crippen molar-refractivity contribution in [3.8, 4) is 6.01 Å². The Morgan fingerprint density at radius 1 is 1.08 bits per heavy atom. The van der Waals surface area contributed by atoms with Crippen LogP contribution in [0.4, 0.5) is 0 Å². The van der Waals surface area contributed by atoms with Crippen LogP contribution in [0, 0.1) is 0 Å². The fourth-order valence-corrected chi connectivity index (χ4v) is 4.22. The lowest BCUT2D eigenvalue weighted by atomic mass is 10.1. The molecule has 9 heteroatoms. The maximum Gasteiger partial charge on any atom is 0.316 e. The van der Waals surface area contributed by atoms with Crippen LogP contribution in [0.3, 0.4) is 0 Å². The molecule has 1 aliphatic heterocycles. The third-order valence-electron chi connectivity index (χ3n) is 3.66. The zero-order chi connectivity index (χ0) is 17.2. The molecule has 2 aromatic rings. The van der Waals surface area contributed by atoms with E-state index in [0.29, 0.717) is 23.0 Å². The van der Waals surface area contributed by atoms with Crippen LogP contribution in [0.25, 0.3) is 0 Å². The monoisotopic (exact) mass is 387 g/mol. The molecule has 1 saturated heterocycles.